The molecular formula is C13H12ClNO3S. The van der Waals surface area contributed by atoms with Gasteiger partial charge in [0.1, 0.15) is 0 Å². The van der Waals surface area contributed by atoms with Crippen LogP contribution in [0, 0.1) is 0 Å². The highest BCUT2D eigenvalue weighted by Crippen LogP contribution is 2.20. The predicted octanol–water partition coefficient (Wildman–Crippen LogP) is 2.63. The molecule has 0 aliphatic rings. The van der Waals surface area contributed by atoms with Crippen LogP contribution >= 0.6 is 11.6 Å². The summed E-state index contributed by atoms with van der Waals surface area (Å²) in [6, 6.07) is 12.6. The lowest BCUT2D eigenvalue weighted by molar-refractivity contribution is 0.278. The molecule has 0 heterocycles. The zero-order chi connectivity index (χ0) is 13.9. The molecule has 0 spiro atoms. The lowest BCUT2D eigenvalue weighted by Gasteiger charge is -2.11. The molecular weight excluding hydrogens is 286 g/mol. The van der Waals surface area contributed by atoms with Crippen molar-refractivity contribution in [1.82, 2.24) is 0 Å². The highest BCUT2D eigenvalue weighted by Gasteiger charge is 2.17. The summed E-state index contributed by atoms with van der Waals surface area (Å²) in [6.45, 7) is -0.336. The van der Waals surface area contributed by atoms with Crippen molar-refractivity contribution in [3.8, 4) is 0 Å². The second-order valence-corrected chi connectivity index (χ2v) is 5.97. The molecule has 6 heteroatoms. The second-order valence-electron chi connectivity index (χ2n) is 3.88. The number of aliphatic hydroxyl groups excluding tert-OH is 1. The van der Waals surface area contributed by atoms with E-state index in [0.717, 1.165) is 0 Å². The van der Waals surface area contributed by atoms with Gasteiger partial charge < -0.3 is 5.11 Å². The first-order chi connectivity index (χ1) is 9.03. The monoisotopic (exact) mass is 297 g/mol. The first kappa shape index (κ1) is 13.9. The summed E-state index contributed by atoms with van der Waals surface area (Å²) in [7, 11) is -3.72. The zero-order valence-electron chi connectivity index (χ0n) is 9.88. The lowest BCUT2D eigenvalue weighted by atomic mass is 10.2. The third-order valence-corrected chi connectivity index (χ3v) is 4.26. The van der Waals surface area contributed by atoms with Crippen LogP contribution in [-0.4, -0.2) is 13.5 Å². The Morgan fingerprint density at radius 3 is 2.32 bits per heavy atom. The van der Waals surface area contributed by atoms with Crippen molar-refractivity contribution >= 4 is 27.3 Å². The van der Waals surface area contributed by atoms with Gasteiger partial charge in [0.15, 0.2) is 0 Å². The number of hydrogen-bond acceptors (Lipinski definition) is 3. The molecule has 0 fully saturated rings. The third kappa shape index (κ3) is 3.26. The van der Waals surface area contributed by atoms with Crippen LogP contribution in [0.4, 0.5) is 5.69 Å². The van der Waals surface area contributed by atoms with Crippen molar-refractivity contribution in [3.05, 3.63) is 59.1 Å². The van der Waals surface area contributed by atoms with Crippen LogP contribution in [0.3, 0.4) is 0 Å². The van der Waals surface area contributed by atoms with Crippen molar-refractivity contribution < 1.29 is 13.5 Å². The van der Waals surface area contributed by atoms with Crippen molar-refractivity contribution in [1.29, 1.82) is 0 Å². The summed E-state index contributed by atoms with van der Waals surface area (Å²) in [5, 5.41) is 9.70. The average molecular weight is 298 g/mol. The largest absolute Gasteiger partial charge is 0.392 e. The van der Waals surface area contributed by atoms with Gasteiger partial charge in [0.05, 0.1) is 11.5 Å². The minimum absolute atomic E-state index is 0.0625. The molecule has 19 heavy (non-hydrogen) atoms. The summed E-state index contributed by atoms with van der Waals surface area (Å²) in [6.07, 6.45) is 0. The number of aliphatic hydroxyl groups is 1. The Labute approximate surface area is 116 Å². The van der Waals surface area contributed by atoms with Crippen LogP contribution < -0.4 is 4.72 Å². The molecule has 0 atom stereocenters. The molecule has 4 nitrogen and oxygen atoms in total. The first-order valence-corrected chi connectivity index (χ1v) is 7.36. The van der Waals surface area contributed by atoms with Crippen molar-refractivity contribution in [2.75, 3.05) is 4.72 Å². The number of halogens is 1. The maximum atomic E-state index is 12.2. The lowest BCUT2D eigenvalue weighted by Crippen LogP contribution is -2.14. The maximum absolute atomic E-state index is 12.2. The van der Waals surface area contributed by atoms with Gasteiger partial charge in [-0.3, -0.25) is 4.72 Å². The van der Waals surface area contributed by atoms with Gasteiger partial charge in [-0.2, -0.15) is 0 Å². The van der Waals surface area contributed by atoms with E-state index in [2.05, 4.69) is 4.72 Å². The molecule has 0 unspecified atom stereocenters. The van der Waals surface area contributed by atoms with Gasteiger partial charge in [0.25, 0.3) is 10.0 Å². The van der Waals surface area contributed by atoms with Crippen molar-refractivity contribution in [2.24, 2.45) is 0 Å². The fraction of sp³-hybridized carbons (Fsp3) is 0.0769. The van der Waals surface area contributed by atoms with Crippen LogP contribution in [0.2, 0.25) is 5.02 Å². The van der Waals surface area contributed by atoms with Gasteiger partial charge in [0.2, 0.25) is 0 Å². The minimum Gasteiger partial charge on any atom is -0.392 e. The molecule has 0 aliphatic carbocycles. The number of hydrogen-bond donors (Lipinski definition) is 2. The Morgan fingerprint density at radius 1 is 1.05 bits per heavy atom. The van der Waals surface area contributed by atoms with Gasteiger partial charge in [-0.1, -0.05) is 29.8 Å². The predicted molar refractivity (Wildman–Crippen MR) is 74.6 cm³/mol. The molecule has 0 aliphatic heterocycles. The second kappa shape index (κ2) is 5.61. The van der Waals surface area contributed by atoms with Gasteiger partial charge in [-0.05, 0) is 35.9 Å². The van der Waals surface area contributed by atoms with E-state index in [0.29, 0.717) is 16.3 Å². The minimum atomic E-state index is -3.72. The average Bonchev–Trinajstić information content (AvgIpc) is 2.41. The maximum Gasteiger partial charge on any atom is 0.262 e. The molecule has 0 radical (unpaired) electrons. The fourth-order valence-electron chi connectivity index (χ4n) is 1.62. The topological polar surface area (TPSA) is 66.4 Å². The summed E-state index contributed by atoms with van der Waals surface area (Å²) in [4.78, 5) is 0.0625. The van der Waals surface area contributed by atoms with Crippen molar-refractivity contribution in [2.45, 2.75) is 11.5 Å². The third-order valence-electron chi connectivity index (χ3n) is 2.53. The van der Waals surface area contributed by atoms with E-state index in [-0.39, 0.29) is 11.5 Å². The number of nitrogens with one attached hydrogen (secondary N) is 1. The van der Waals surface area contributed by atoms with E-state index in [1.165, 1.54) is 6.07 Å². The Kier molecular flexibility index (Phi) is 4.09. The van der Waals surface area contributed by atoms with Crippen LogP contribution in [0.1, 0.15) is 5.56 Å². The van der Waals surface area contributed by atoms with Crippen LogP contribution in [-0.2, 0) is 16.6 Å². The molecule has 2 aromatic carbocycles. The molecule has 2 aromatic rings. The SMILES string of the molecule is O=S(=O)(Nc1ccc(Cl)cc1)c1ccccc1CO. The van der Waals surface area contributed by atoms with Crippen LogP contribution in [0.5, 0.6) is 0 Å². The smallest absolute Gasteiger partial charge is 0.262 e. The first-order valence-electron chi connectivity index (χ1n) is 5.50. The van der Waals surface area contributed by atoms with Gasteiger partial charge in [-0.25, -0.2) is 8.42 Å². The standard InChI is InChI=1S/C13H12ClNO3S/c14-11-5-7-12(8-6-11)15-19(17,18)13-4-2-1-3-10(13)9-16/h1-8,15-16H,9H2. The molecule has 0 bridgehead atoms. The fourth-order valence-corrected chi connectivity index (χ4v) is 3.04. The van der Waals surface area contributed by atoms with E-state index in [1.54, 1.807) is 42.5 Å². The Bertz CT molecular complexity index is 669. The molecule has 0 aromatic heterocycles. The molecule has 2 rings (SSSR count). The quantitative estimate of drug-likeness (QED) is 0.911. The number of anilines is 1. The van der Waals surface area contributed by atoms with E-state index in [4.69, 9.17) is 11.6 Å². The van der Waals surface area contributed by atoms with E-state index in [1.807, 2.05) is 0 Å². The number of benzene rings is 2. The summed E-state index contributed by atoms with van der Waals surface area (Å²) >= 11 is 5.74. The molecule has 0 amide bonds. The zero-order valence-corrected chi connectivity index (χ0v) is 11.4. The summed E-state index contributed by atoms with van der Waals surface area (Å²) in [5.74, 6) is 0. The van der Waals surface area contributed by atoms with E-state index < -0.39 is 10.0 Å². The Morgan fingerprint density at radius 2 is 1.68 bits per heavy atom. The number of rotatable bonds is 4. The summed E-state index contributed by atoms with van der Waals surface area (Å²) in [5.41, 5.74) is 0.765. The highest BCUT2D eigenvalue weighted by atomic mass is 35.5. The summed E-state index contributed by atoms with van der Waals surface area (Å²) < 4.78 is 26.9. The van der Waals surface area contributed by atoms with Gasteiger partial charge in [-0.15, -0.1) is 0 Å². The Balaban J connectivity index is 2.35. The molecule has 100 valence electrons. The highest BCUT2D eigenvalue weighted by molar-refractivity contribution is 7.92. The molecule has 2 N–H and O–H groups in total. The molecule has 0 saturated carbocycles. The van der Waals surface area contributed by atoms with E-state index in [9.17, 15) is 13.5 Å². The normalized spacial score (nSPS) is 11.3. The van der Waals surface area contributed by atoms with Crippen LogP contribution in [0.25, 0.3) is 0 Å². The van der Waals surface area contributed by atoms with Gasteiger partial charge >= 0.3 is 0 Å². The van der Waals surface area contributed by atoms with Crippen molar-refractivity contribution in [3.63, 3.8) is 0 Å². The molecule has 0 saturated heterocycles. The van der Waals surface area contributed by atoms with Gasteiger partial charge in [0, 0.05) is 10.7 Å². The van der Waals surface area contributed by atoms with E-state index >= 15 is 0 Å². The number of sulfonamides is 1. The van der Waals surface area contributed by atoms with Crippen LogP contribution in [0.15, 0.2) is 53.4 Å². The Hall–Kier alpha value is -1.56.